The predicted molar refractivity (Wildman–Crippen MR) is 71.9 cm³/mol. The molecule has 2 rings (SSSR count). The van der Waals surface area contributed by atoms with E-state index in [1.807, 2.05) is 18.2 Å². The van der Waals surface area contributed by atoms with Crippen molar-refractivity contribution >= 4 is 11.0 Å². The van der Waals surface area contributed by atoms with Crippen LogP contribution < -0.4 is 5.32 Å². The zero-order valence-electron chi connectivity index (χ0n) is 10.9. The molecule has 0 fully saturated rings. The molecule has 0 aliphatic rings. The molecule has 2 heteroatoms. The molecule has 1 unspecified atom stereocenters. The van der Waals surface area contributed by atoms with Gasteiger partial charge >= 0.3 is 0 Å². The Morgan fingerprint density at radius 2 is 1.94 bits per heavy atom. The van der Waals surface area contributed by atoms with Crippen LogP contribution in [0.5, 0.6) is 0 Å². The van der Waals surface area contributed by atoms with Gasteiger partial charge in [-0.25, -0.2) is 0 Å². The summed E-state index contributed by atoms with van der Waals surface area (Å²) in [6.45, 7) is 8.64. The molecule has 0 bridgehead atoms. The fourth-order valence-electron chi connectivity index (χ4n) is 1.78. The second-order valence-corrected chi connectivity index (χ2v) is 5.10. The Bertz CT molecular complexity index is 439. The summed E-state index contributed by atoms with van der Waals surface area (Å²) in [7, 11) is 0. The van der Waals surface area contributed by atoms with Gasteiger partial charge in [-0.05, 0) is 30.5 Å². The number of nitrogens with one attached hydrogen (secondary N) is 1. The third-order valence-corrected chi connectivity index (χ3v) is 3.38. The first-order chi connectivity index (χ1) is 8.16. The first-order valence-electron chi connectivity index (χ1n) is 6.35. The summed E-state index contributed by atoms with van der Waals surface area (Å²) in [6, 6.07) is 10.2. The molecule has 2 nitrogen and oxygen atoms in total. The molecule has 1 aromatic carbocycles. The third kappa shape index (κ3) is 3.10. The van der Waals surface area contributed by atoms with Gasteiger partial charge in [0.15, 0.2) is 0 Å². The molecule has 0 saturated carbocycles. The monoisotopic (exact) mass is 231 g/mol. The summed E-state index contributed by atoms with van der Waals surface area (Å²) < 4.78 is 5.75. The molecule has 0 aliphatic carbocycles. The minimum Gasteiger partial charge on any atom is -0.460 e. The molecule has 1 atom stereocenters. The fourth-order valence-corrected chi connectivity index (χ4v) is 1.78. The van der Waals surface area contributed by atoms with Crippen LogP contribution in [0.4, 0.5) is 0 Å². The van der Waals surface area contributed by atoms with Gasteiger partial charge in [-0.1, -0.05) is 39.0 Å². The lowest BCUT2D eigenvalue weighted by molar-refractivity contribution is 0.383. The van der Waals surface area contributed by atoms with Crippen LogP contribution in [0.1, 0.15) is 26.5 Å². The van der Waals surface area contributed by atoms with E-state index in [0.717, 1.165) is 30.4 Å². The molecule has 0 amide bonds. The van der Waals surface area contributed by atoms with Crippen LogP contribution in [0.25, 0.3) is 11.0 Å². The summed E-state index contributed by atoms with van der Waals surface area (Å²) in [4.78, 5) is 0. The number of para-hydroxylation sites is 1. The Labute approximate surface area is 103 Å². The third-order valence-electron chi connectivity index (χ3n) is 3.38. The van der Waals surface area contributed by atoms with E-state index in [2.05, 4.69) is 38.2 Å². The normalized spacial score (nSPS) is 13.4. The zero-order valence-corrected chi connectivity index (χ0v) is 10.9. The van der Waals surface area contributed by atoms with Gasteiger partial charge in [-0.3, -0.25) is 0 Å². The van der Waals surface area contributed by atoms with E-state index >= 15 is 0 Å². The number of hydrogen-bond donors (Lipinski definition) is 1. The Hall–Kier alpha value is -1.28. The summed E-state index contributed by atoms with van der Waals surface area (Å²) in [6.07, 6.45) is 0. The smallest absolute Gasteiger partial charge is 0.134 e. The molecule has 0 aliphatic heterocycles. The van der Waals surface area contributed by atoms with Crippen molar-refractivity contribution in [1.82, 2.24) is 5.32 Å². The Morgan fingerprint density at radius 3 is 2.65 bits per heavy atom. The maximum atomic E-state index is 5.75. The maximum Gasteiger partial charge on any atom is 0.134 e. The van der Waals surface area contributed by atoms with Crippen LogP contribution in [-0.4, -0.2) is 6.54 Å². The van der Waals surface area contributed by atoms with Gasteiger partial charge in [-0.15, -0.1) is 0 Å². The summed E-state index contributed by atoms with van der Waals surface area (Å²) in [5, 5.41) is 4.63. The molecule has 1 heterocycles. The molecular formula is C15H21NO. The van der Waals surface area contributed by atoms with Crippen molar-refractivity contribution < 1.29 is 4.42 Å². The molecule has 0 spiro atoms. The van der Waals surface area contributed by atoms with Gasteiger partial charge in [0, 0.05) is 5.39 Å². The second-order valence-electron chi connectivity index (χ2n) is 5.10. The molecule has 92 valence electrons. The van der Waals surface area contributed by atoms with Crippen molar-refractivity contribution in [2.45, 2.75) is 27.3 Å². The number of hydrogen-bond acceptors (Lipinski definition) is 2. The SMILES string of the molecule is CC(C)C(C)CNCc1cc2ccccc2o1. The molecule has 1 N–H and O–H groups in total. The van der Waals surface area contributed by atoms with Gasteiger partial charge in [0.25, 0.3) is 0 Å². The average Bonchev–Trinajstić information content (AvgIpc) is 2.71. The van der Waals surface area contributed by atoms with Gasteiger partial charge < -0.3 is 9.73 Å². The van der Waals surface area contributed by atoms with E-state index in [9.17, 15) is 0 Å². The molecule has 17 heavy (non-hydrogen) atoms. The quantitative estimate of drug-likeness (QED) is 0.846. The number of rotatable bonds is 5. The highest BCUT2D eigenvalue weighted by Gasteiger charge is 2.07. The highest BCUT2D eigenvalue weighted by atomic mass is 16.3. The van der Waals surface area contributed by atoms with Crippen molar-refractivity contribution in [2.75, 3.05) is 6.54 Å². The summed E-state index contributed by atoms with van der Waals surface area (Å²) in [5.41, 5.74) is 0.973. The highest BCUT2D eigenvalue weighted by molar-refractivity contribution is 5.77. The maximum absolute atomic E-state index is 5.75. The zero-order chi connectivity index (χ0) is 12.3. The first-order valence-corrected chi connectivity index (χ1v) is 6.35. The van der Waals surface area contributed by atoms with E-state index in [0.29, 0.717) is 5.92 Å². The Balaban J connectivity index is 1.91. The van der Waals surface area contributed by atoms with Gasteiger partial charge in [-0.2, -0.15) is 0 Å². The van der Waals surface area contributed by atoms with Crippen LogP contribution in [0.15, 0.2) is 34.7 Å². The highest BCUT2D eigenvalue weighted by Crippen LogP contribution is 2.18. The van der Waals surface area contributed by atoms with Gasteiger partial charge in [0.05, 0.1) is 6.54 Å². The van der Waals surface area contributed by atoms with Crippen molar-refractivity contribution in [2.24, 2.45) is 11.8 Å². The number of furan rings is 1. The van der Waals surface area contributed by atoms with Crippen LogP contribution in [0.3, 0.4) is 0 Å². The Morgan fingerprint density at radius 1 is 1.18 bits per heavy atom. The van der Waals surface area contributed by atoms with Crippen LogP contribution in [-0.2, 0) is 6.54 Å². The summed E-state index contributed by atoms with van der Waals surface area (Å²) in [5.74, 6) is 2.43. The van der Waals surface area contributed by atoms with Crippen molar-refractivity contribution in [3.63, 3.8) is 0 Å². The first kappa shape index (κ1) is 12.2. The Kier molecular flexibility index (Phi) is 3.85. The van der Waals surface area contributed by atoms with Crippen LogP contribution in [0.2, 0.25) is 0 Å². The van der Waals surface area contributed by atoms with E-state index in [1.165, 1.54) is 5.39 Å². The van der Waals surface area contributed by atoms with Crippen LogP contribution >= 0.6 is 0 Å². The number of fused-ring (bicyclic) bond motifs is 1. The number of benzene rings is 1. The lowest BCUT2D eigenvalue weighted by Gasteiger charge is -2.15. The fraction of sp³-hybridized carbons (Fsp3) is 0.467. The lowest BCUT2D eigenvalue weighted by Crippen LogP contribution is -2.23. The van der Waals surface area contributed by atoms with Crippen molar-refractivity contribution in [1.29, 1.82) is 0 Å². The topological polar surface area (TPSA) is 25.2 Å². The van der Waals surface area contributed by atoms with E-state index < -0.39 is 0 Å². The van der Waals surface area contributed by atoms with E-state index in [4.69, 9.17) is 4.42 Å². The predicted octanol–water partition coefficient (Wildman–Crippen LogP) is 3.81. The minimum absolute atomic E-state index is 0.694. The average molecular weight is 231 g/mol. The summed E-state index contributed by atoms with van der Waals surface area (Å²) >= 11 is 0. The van der Waals surface area contributed by atoms with Crippen LogP contribution in [0, 0.1) is 11.8 Å². The second kappa shape index (κ2) is 5.37. The lowest BCUT2D eigenvalue weighted by atomic mass is 9.98. The molecule has 2 aromatic rings. The van der Waals surface area contributed by atoms with E-state index in [-0.39, 0.29) is 0 Å². The minimum atomic E-state index is 0.694. The van der Waals surface area contributed by atoms with Crippen molar-refractivity contribution in [3.8, 4) is 0 Å². The van der Waals surface area contributed by atoms with Crippen molar-refractivity contribution in [3.05, 3.63) is 36.1 Å². The van der Waals surface area contributed by atoms with Gasteiger partial charge in [0.2, 0.25) is 0 Å². The standard InChI is InChI=1S/C15H21NO/c1-11(2)12(3)9-16-10-14-8-13-6-4-5-7-15(13)17-14/h4-8,11-12,16H,9-10H2,1-3H3. The van der Waals surface area contributed by atoms with Gasteiger partial charge in [0.1, 0.15) is 11.3 Å². The molecule has 0 saturated heterocycles. The van der Waals surface area contributed by atoms with E-state index in [1.54, 1.807) is 0 Å². The largest absolute Gasteiger partial charge is 0.460 e. The molecule has 1 aromatic heterocycles. The molecular weight excluding hydrogens is 210 g/mol. The molecule has 0 radical (unpaired) electrons.